The molecule has 0 radical (unpaired) electrons. The third-order valence-corrected chi connectivity index (χ3v) is 1.40. The van der Waals surface area contributed by atoms with Crippen LogP contribution in [-0.2, 0) is 9.59 Å². The van der Waals surface area contributed by atoms with E-state index in [4.69, 9.17) is 5.26 Å². The van der Waals surface area contributed by atoms with Gasteiger partial charge in [0.15, 0.2) is 0 Å². The molecule has 0 bridgehead atoms. The van der Waals surface area contributed by atoms with Crippen LogP contribution in [0.4, 0.5) is 0 Å². The molecule has 0 aliphatic heterocycles. The van der Waals surface area contributed by atoms with Gasteiger partial charge in [-0.3, -0.25) is 9.59 Å². The van der Waals surface area contributed by atoms with E-state index in [2.05, 4.69) is 17.2 Å². The van der Waals surface area contributed by atoms with Gasteiger partial charge in [0.05, 0.1) is 6.07 Å². The van der Waals surface area contributed by atoms with Crippen LogP contribution in [-0.4, -0.2) is 24.9 Å². The summed E-state index contributed by atoms with van der Waals surface area (Å²) in [6, 6.07) is 1.74. The van der Waals surface area contributed by atoms with Gasteiger partial charge in [-0.25, -0.2) is 0 Å². The summed E-state index contributed by atoms with van der Waals surface area (Å²) in [6.45, 7) is 4.23. The first kappa shape index (κ1) is 12.2. The van der Waals surface area contributed by atoms with Gasteiger partial charge >= 0.3 is 0 Å². The molecular formula is C9H13N3O2. The van der Waals surface area contributed by atoms with E-state index in [9.17, 15) is 9.59 Å². The minimum Gasteiger partial charge on any atom is -0.355 e. The normalized spacial score (nSPS) is 8.50. The van der Waals surface area contributed by atoms with Crippen molar-refractivity contribution >= 4 is 11.8 Å². The summed E-state index contributed by atoms with van der Waals surface area (Å²) in [4.78, 5) is 21.4. The number of hydrogen-bond acceptors (Lipinski definition) is 3. The van der Waals surface area contributed by atoms with Crippen LogP contribution in [0, 0.1) is 11.3 Å². The van der Waals surface area contributed by atoms with Crippen LogP contribution >= 0.6 is 0 Å². The van der Waals surface area contributed by atoms with Crippen molar-refractivity contribution in [2.24, 2.45) is 0 Å². The molecule has 0 aliphatic rings. The summed E-state index contributed by atoms with van der Waals surface area (Å²) < 4.78 is 0. The second-order valence-corrected chi connectivity index (χ2v) is 2.53. The van der Waals surface area contributed by atoms with E-state index in [1.54, 1.807) is 6.07 Å². The van der Waals surface area contributed by atoms with Crippen LogP contribution in [0.1, 0.15) is 12.8 Å². The largest absolute Gasteiger partial charge is 0.355 e. The first-order chi connectivity index (χ1) is 6.70. The van der Waals surface area contributed by atoms with Crippen molar-refractivity contribution in [2.45, 2.75) is 12.8 Å². The van der Waals surface area contributed by atoms with E-state index in [0.29, 0.717) is 19.5 Å². The van der Waals surface area contributed by atoms with Crippen LogP contribution in [0.25, 0.3) is 0 Å². The number of nitriles is 1. The van der Waals surface area contributed by atoms with Gasteiger partial charge in [-0.2, -0.15) is 5.26 Å². The molecule has 0 aliphatic carbocycles. The van der Waals surface area contributed by atoms with Crippen molar-refractivity contribution < 1.29 is 9.59 Å². The summed E-state index contributed by atoms with van der Waals surface area (Å²) in [5.74, 6) is -0.518. The fourth-order valence-corrected chi connectivity index (χ4v) is 0.734. The van der Waals surface area contributed by atoms with Gasteiger partial charge in [0.2, 0.25) is 11.8 Å². The summed E-state index contributed by atoms with van der Waals surface area (Å²) in [5.41, 5.74) is 0. The summed E-state index contributed by atoms with van der Waals surface area (Å²) in [6.07, 6.45) is 1.70. The molecule has 0 aromatic rings. The second kappa shape index (κ2) is 7.80. The Bertz CT molecular complexity index is 255. The van der Waals surface area contributed by atoms with Gasteiger partial charge < -0.3 is 10.6 Å². The highest BCUT2D eigenvalue weighted by Gasteiger charge is 1.98. The smallest absolute Gasteiger partial charge is 0.243 e. The molecule has 2 amide bonds. The first-order valence-electron chi connectivity index (χ1n) is 4.24. The predicted molar refractivity (Wildman–Crippen MR) is 51.1 cm³/mol. The van der Waals surface area contributed by atoms with Gasteiger partial charge in [-0.1, -0.05) is 6.58 Å². The number of carbonyl (C=O) groups excluding carboxylic acids is 2. The molecule has 0 fully saturated rings. The first-order valence-corrected chi connectivity index (χ1v) is 4.24. The van der Waals surface area contributed by atoms with Gasteiger partial charge in [-0.15, -0.1) is 0 Å². The summed E-state index contributed by atoms with van der Waals surface area (Å²) in [7, 11) is 0. The van der Waals surface area contributed by atoms with E-state index in [1.165, 1.54) is 6.08 Å². The highest BCUT2D eigenvalue weighted by molar-refractivity contribution is 5.86. The molecule has 5 heteroatoms. The molecule has 5 nitrogen and oxygen atoms in total. The molecule has 0 aromatic heterocycles. The molecule has 0 atom stereocenters. The quantitative estimate of drug-likeness (QED) is 0.451. The standard InChI is InChI=1S/C9H13N3O2/c1-2-8(13)11-6-3-7-12-9(14)4-5-10/h2H,1,3-4,6-7H2,(H,11,13)(H,12,14). The third kappa shape index (κ3) is 6.85. The van der Waals surface area contributed by atoms with Gasteiger partial charge in [0, 0.05) is 13.1 Å². The molecule has 2 N–H and O–H groups in total. The molecule has 0 rings (SSSR count). The topological polar surface area (TPSA) is 82.0 Å². The zero-order valence-corrected chi connectivity index (χ0v) is 7.88. The minimum absolute atomic E-state index is 0.126. The molecule has 0 heterocycles. The van der Waals surface area contributed by atoms with E-state index in [-0.39, 0.29) is 18.2 Å². The van der Waals surface area contributed by atoms with E-state index < -0.39 is 0 Å². The Hall–Kier alpha value is -1.83. The lowest BCUT2D eigenvalue weighted by Crippen LogP contribution is -2.28. The number of nitrogens with zero attached hydrogens (tertiary/aromatic N) is 1. The minimum atomic E-state index is -0.289. The third-order valence-electron chi connectivity index (χ3n) is 1.40. The molecule has 0 unspecified atom stereocenters. The highest BCUT2D eigenvalue weighted by Crippen LogP contribution is 1.78. The average Bonchev–Trinajstić information content (AvgIpc) is 2.17. The number of rotatable bonds is 6. The number of hydrogen-bond donors (Lipinski definition) is 2. The van der Waals surface area contributed by atoms with Crippen LogP contribution in [0.3, 0.4) is 0 Å². The van der Waals surface area contributed by atoms with Crippen molar-refractivity contribution in [1.82, 2.24) is 10.6 Å². The molecule has 0 saturated heterocycles. The van der Waals surface area contributed by atoms with Crippen LogP contribution in [0.5, 0.6) is 0 Å². The van der Waals surface area contributed by atoms with Gasteiger partial charge in [0.1, 0.15) is 6.42 Å². The molecule has 76 valence electrons. The lowest BCUT2D eigenvalue weighted by molar-refractivity contribution is -0.120. The fourth-order valence-electron chi connectivity index (χ4n) is 0.734. The van der Waals surface area contributed by atoms with E-state index in [1.807, 2.05) is 0 Å². The van der Waals surface area contributed by atoms with Crippen molar-refractivity contribution in [3.63, 3.8) is 0 Å². The highest BCUT2D eigenvalue weighted by atomic mass is 16.2. The monoisotopic (exact) mass is 195 g/mol. The molecule has 0 aromatic carbocycles. The Morgan fingerprint density at radius 2 is 2.00 bits per heavy atom. The molecule has 14 heavy (non-hydrogen) atoms. The Kier molecular flexibility index (Phi) is 6.78. The van der Waals surface area contributed by atoms with Crippen molar-refractivity contribution in [1.29, 1.82) is 5.26 Å². The van der Waals surface area contributed by atoms with Gasteiger partial charge in [-0.05, 0) is 12.5 Å². The molecule has 0 spiro atoms. The Morgan fingerprint density at radius 3 is 2.57 bits per heavy atom. The van der Waals surface area contributed by atoms with E-state index in [0.717, 1.165) is 0 Å². The predicted octanol–water partition coefficient (Wildman–Crippen LogP) is -0.291. The lowest BCUT2D eigenvalue weighted by Gasteiger charge is -2.03. The zero-order chi connectivity index (χ0) is 10.8. The molecule has 0 saturated carbocycles. The summed E-state index contributed by atoms with van der Waals surface area (Å²) >= 11 is 0. The van der Waals surface area contributed by atoms with Crippen molar-refractivity contribution in [2.75, 3.05) is 13.1 Å². The van der Waals surface area contributed by atoms with Crippen LogP contribution < -0.4 is 10.6 Å². The summed E-state index contributed by atoms with van der Waals surface area (Å²) in [5, 5.41) is 13.3. The number of amides is 2. The fraction of sp³-hybridized carbons (Fsp3) is 0.444. The zero-order valence-electron chi connectivity index (χ0n) is 7.88. The maximum atomic E-state index is 10.8. The number of nitrogens with one attached hydrogen (secondary N) is 2. The Balaban J connectivity index is 3.30. The lowest BCUT2D eigenvalue weighted by atomic mass is 10.4. The van der Waals surface area contributed by atoms with Gasteiger partial charge in [0.25, 0.3) is 0 Å². The van der Waals surface area contributed by atoms with E-state index >= 15 is 0 Å². The molecular weight excluding hydrogens is 182 g/mol. The maximum absolute atomic E-state index is 10.8. The van der Waals surface area contributed by atoms with Crippen molar-refractivity contribution in [3.05, 3.63) is 12.7 Å². The Labute approximate surface area is 82.8 Å². The van der Waals surface area contributed by atoms with Crippen molar-refractivity contribution in [3.8, 4) is 6.07 Å². The Morgan fingerprint density at radius 1 is 1.36 bits per heavy atom. The maximum Gasteiger partial charge on any atom is 0.243 e. The van der Waals surface area contributed by atoms with Crippen LogP contribution in [0.15, 0.2) is 12.7 Å². The SMILES string of the molecule is C=CC(=O)NCCCNC(=O)CC#N. The van der Waals surface area contributed by atoms with Crippen LogP contribution in [0.2, 0.25) is 0 Å². The second-order valence-electron chi connectivity index (χ2n) is 2.53. The average molecular weight is 195 g/mol. The number of carbonyl (C=O) groups is 2.